The summed E-state index contributed by atoms with van der Waals surface area (Å²) in [7, 11) is 0. The maximum atomic E-state index is 13.1. The molecule has 128 valence electrons. The average molecular weight is 397 g/mol. The zero-order valence-corrected chi connectivity index (χ0v) is 14.6. The summed E-state index contributed by atoms with van der Waals surface area (Å²) in [6, 6.07) is 8.25. The second-order valence-corrected chi connectivity index (χ2v) is 6.07. The van der Waals surface area contributed by atoms with Gasteiger partial charge in [-0.1, -0.05) is 52.1 Å². The van der Waals surface area contributed by atoms with E-state index in [1.165, 1.54) is 19.1 Å². The van der Waals surface area contributed by atoms with Gasteiger partial charge in [0.1, 0.15) is 6.61 Å². The lowest BCUT2D eigenvalue weighted by molar-refractivity contribution is -0.137. The Bertz CT molecular complexity index is 776. The number of rotatable bonds is 4. The van der Waals surface area contributed by atoms with Crippen molar-refractivity contribution in [3.8, 4) is 0 Å². The molecule has 0 saturated carbocycles. The molecule has 0 spiro atoms. The summed E-state index contributed by atoms with van der Waals surface area (Å²) in [6.07, 6.45) is -4.52. The molecule has 0 N–H and O–H groups in total. The molecule has 2 aromatic carbocycles. The number of halogens is 6. The Morgan fingerprint density at radius 2 is 1.83 bits per heavy atom. The van der Waals surface area contributed by atoms with E-state index in [1.54, 1.807) is 18.2 Å². The minimum absolute atomic E-state index is 0.0291. The van der Waals surface area contributed by atoms with Crippen LogP contribution in [0.1, 0.15) is 23.6 Å². The molecule has 0 aromatic heterocycles. The van der Waals surface area contributed by atoms with Gasteiger partial charge in [-0.2, -0.15) is 13.2 Å². The molecule has 2 nitrogen and oxygen atoms in total. The molecule has 0 amide bonds. The molecule has 0 radical (unpaired) electrons. The highest BCUT2D eigenvalue weighted by Gasteiger charge is 2.34. The third-order valence-electron chi connectivity index (χ3n) is 3.13. The van der Waals surface area contributed by atoms with Gasteiger partial charge in [-0.05, 0) is 31.2 Å². The summed E-state index contributed by atoms with van der Waals surface area (Å²) in [4.78, 5) is 5.11. The first-order valence-electron chi connectivity index (χ1n) is 6.66. The largest absolute Gasteiger partial charge is 0.417 e. The highest BCUT2D eigenvalue weighted by Crippen LogP contribution is 2.33. The van der Waals surface area contributed by atoms with Crippen molar-refractivity contribution in [3.05, 3.63) is 68.2 Å². The Balaban J connectivity index is 2.22. The zero-order chi connectivity index (χ0) is 17.9. The van der Waals surface area contributed by atoms with Crippen molar-refractivity contribution in [2.45, 2.75) is 19.7 Å². The number of benzene rings is 2. The summed E-state index contributed by atoms with van der Waals surface area (Å²) in [5, 5.41) is 4.57. The standard InChI is InChI=1S/C16H11Cl3F3NO/c1-9(12-7-11(17)5-6-13(12)16(20,21)22)23-24-8-10-3-2-4-14(18)15(10)19/h2-7H,8H2,1H3/b23-9+. The van der Waals surface area contributed by atoms with Crippen LogP contribution < -0.4 is 0 Å². The van der Waals surface area contributed by atoms with Gasteiger partial charge in [0, 0.05) is 16.1 Å². The molecule has 0 fully saturated rings. The molecule has 0 saturated heterocycles. The van der Waals surface area contributed by atoms with Gasteiger partial charge in [0.05, 0.1) is 21.3 Å². The molecule has 2 aromatic rings. The van der Waals surface area contributed by atoms with Crippen LogP contribution in [0, 0.1) is 0 Å². The van der Waals surface area contributed by atoms with Gasteiger partial charge in [-0.3, -0.25) is 0 Å². The van der Waals surface area contributed by atoms with E-state index in [0.717, 1.165) is 6.07 Å². The minimum Gasteiger partial charge on any atom is -0.391 e. The van der Waals surface area contributed by atoms with Crippen molar-refractivity contribution in [2.24, 2.45) is 5.16 Å². The fourth-order valence-electron chi connectivity index (χ4n) is 1.97. The average Bonchev–Trinajstić information content (AvgIpc) is 2.50. The van der Waals surface area contributed by atoms with Crippen LogP contribution in [0.4, 0.5) is 13.2 Å². The maximum Gasteiger partial charge on any atom is 0.417 e. The van der Waals surface area contributed by atoms with Gasteiger partial charge in [-0.15, -0.1) is 0 Å². The fourth-order valence-corrected chi connectivity index (χ4v) is 2.52. The molecule has 0 aliphatic carbocycles. The van der Waals surface area contributed by atoms with Crippen LogP contribution in [0.2, 0.25) is 15.1 Å². The van der Waals surface area contributed by atoms with Crippen LogP contribution in [0.25, 0.3) is 0 Å². The molecule has 0 bridgehead atoms. The van der Waals surface area contributed by atoms with Gasteiger partial charge in [-0.25, -0.2) is 0 Å². The molecule has 0 heterocycles. The maximum absolute atomic E-state index is 13.1. The smallest absolute Gasteiger partial charge is 0.391 e. The predicted molar refractivity (Wildman–Crippen MR) is 89.9 cm³/mol. The van der Waals surface area contributed by atoms with Crippen LogP contribution in [0.3, 0.4) is 0 Å². The second kappa shape index (κ2) is 7.64. The van der Waals surface area contributed by atoms with Gasteiger partial charge in [0.15, 0.2) is 0 Å². The van der Waals surface area contributed by atoms with Gasteiger partial charge in [0.2, 0.25) is 0 Å². The summed E-state index contributed by atoms with van der Waals surface area (Å²) in [6.45, 7) is 1.37. The zero-order valence-electron chi connectivity index (χ0n) is 12.3. The molecule has 24 heavy (non-hydrogen) atoms. The molecular weight excluding hydrogens is 386 g/mol. The van der Waals surface area contributed by atoms with Crippen LogP contribution in [-0.2, 0) is 17.6 Å². The quantitative estimate of drug-likeness (QED) is 0.421. The Morgan fingerprint density at radius 3 is 2.50 bits per heavy atom. The second-order valence-electron chi connectivity index (χ2n) is 4.85. The van der Waals surface area contributed by atoms with E-state index in [9.17, 15) is 13.2 Å². The summed E-state index contributed by atoms with van der Waals surface area (Å²) in [5.74, 6) is 0. The van der Waals surface area contributed by atoms with E-state index in [0.29, 0.717) is 15.6 Å². The summed E-state index contributed by atoms with van der Waals surface area (Å²) in [5.41, 5.74) is -0.365. The lowest BCUT2D eigenvalue weighted by atomic mass is 10.0. The van der Waals surface area contributed by atoms with Crippen LogP contribution in [-0.4, -0.2) is 5.71 Å². The van der Waals surface area contributed by atoms with Crippen molar-refractivity contribution in [1.29, 1.82) is 0 Å². The predicted octanol–water partition coefficient (Wildman–Crippen LogP) is 6.61. The first kappa shape index (κ1) is 18.9. The van der Waals surface area contributed by atoms with Gasteiger partial charge < -0.3 is 4.84 Å². The first-order chi connectivity index (χ1) is 11.2. The third kappa shape index (κ3) is 4.56. The van der Waals surface area contributed by atoms with Crippen LogP contribution >= 0.6 is 34.8 Å². The van der Waals surface area contributed by atoms with E-state index in [-0.39, 0.29) is 22.9 Å². The molecule has 0 aliphatic heterocycles. The molecule has 0 atom stereocenters. The Kier molecular flexibility index (Phi) is 6.01. The Morgan fingerprint density at radius 1 is 1.12 bits per heavy atom. The summed E-state index contributed by atoms with van der Waals surface area (Å²) < 4.78 is 39.2. The lowest BCUT2D eigenvalue weighted by Gasteiger charge is -2.13. The lowest BCUT2D eigenvalue weighted by Crippen LogP contribution is -2.12. The number of oxime groups is 1. The number of hydrogen-bond donors (Lipinski definition) is 0. The molecule has 0 aliphatic rings. The number of hydrogen-bond acceptors (Lipinski definition) is 2. The SMILES string of the molecule is C/C(=N\OCc1cccc(Cl)c1Cl)c1cc(Cl)ccc1C(F)(F)F. The Hall–Kier alpha value is -1.43. The van der Waals surface area contributed by atoms with Crippen LogP contribution in [0.5, 0.6) is 0 Å². The topological polar surface area (TPSA) is 21.6 Å². The van der Waals surface area contributed by atoms with Crippen molar-refractivity contribution in [1.82, 2.24) is 0 Å². The minimum atomic E-state index is -4.52. The van der Waals surface area contributed by atoms with E-state index in [2.05, 4.69) is 5.16 Å². The van der Waals surface area contributed by atoms with Gasteiger partial charge in [0.25, 0.3) is 0 Å². The van der Waals surface area contributed by atoms with Crippen molar-refractivity contribution < 1.29 is 18.0 Å². The van der Waals surface area contributed by atoms with E-state index in [4.69, 9.17) is 39.6 Å². The Labute approximate surface area is 151 Å². The number of alkyl halides is 3. The monoisotopic (exact) mass is 395 g/mol. The van der Waals surface area contributed by atoms with E-state index < -0.39 is 11.7 Å². The molecular formula is C16H11Cl3F3NO. The van der Waals surface area contributed by atoms with Crippen molar-refractivity contribution in [2.75, 3.05) is 0 Å². The normalized spacial score (nSPS) is 12.4. The van der Waals surface area contributed by atoms with Gasteiger partial charge >= 0.3 is 6.18 Å². The highest BCUT2D eigenvalue weighted by atomic mass is 35.5. The fraction of sp³-hybridized carbons (Fsp3) is 0.188. The summed E-state index contributed by atoms with van der Waals surface area (Å²) >= 11 is 17.7. The first-order valence-corrected chi connectivity index (χ1v) is 7.80. The molecule has 8 heteroatoms. The van der Waals surface area contributed by atoms with Crippen LogP contribution in [0.15, 0.2) is 41.6 Å². The van der Waals surface area contributed by atoms with E-state index >= 15 is 0 Å². The highest BCUT2D eigenvalue weighted by molar-refractivity contribution is 6.42. The number of nitrogens with zero attached hydrogens (tertiary/aromatic N) is 1. The molecule has 2 rings (SSSR count). The molecule has 0 unspecified atom stereocenters. The van der Waals surface area contributed by atoms with E-state index in [1.807, 2.05) is 0 Å². The van der Waals surface area contributed by atoms with Crippen molar-refractivity contribution in [3.63, 3.8) is 0 Å². The third-order valence-corrected chi connectivity index (χ3v) is 4.22. The van der Waals surface area contributed by atoms with Crippen molar-refractivity contribution >= 4 is 40.5 Å².